The van der Waals surface area contributed by atoms with Gasteiger partial charge in [0.25, 0.3) is 0 Å². The monoisotopic (exact) mass is 268 g/mol. The minimum absolute atomic E-state index is 0.739. The third-order valence-electron chi connectivity index (χ3n) is 2.69. The average Bonchev–Trinajstić information content (AvgIpc) is 2.38. The normalized spacial score (nSPS) is 14.6. The Morgan fingerprint density at radius 3 is 1.58 bits per heavy atom. The zero-order valence-corrected chi connectivity index (χ0v) is 9.46. The average molecular weight is 268 g/mol. The second-order valence-electron chi connectivity index (χ2n) is 3.68. The number of fused-ring (bicyclic) bond motifs is 1. The van der Waals surface area contributed by atoms with Crippen LogP contribution in [0.1, 0.15) is 20.7 Å². The number of ether oxygens (including phenoxy) is 1. The van der Waals surface area contributed by atoms with Crippen molar-refractivity contribution in [1.82, 2.24) is 0 Å². The number of hydrogen-bond donors (Lipinski definition) is 5. The SMILES string of the molecule is COC1=C(O)C(=O)c2c(O)c(O)c(O)c(O)c2C1=O. The minimum atomic E-state index is -1.23. The van der Waals surface area contributed by atoms with Crippen LogP contribution in [0.15, 0.2) is 11.5 Å². The van der Waals surface area contributed by atoms with Crippen molar-refractivity contribution >= 4 is 11.6 Å². The molecule has 19 heavy (non-hydrogen) atoms. The smallest absolute Gasteiger partial charge is 0.236 e. The molecule has 0 amide bonds. The maximum atomic E-state index is 11.9. The molecule has 0 radical (unpaired) electrons. The van der Waals surface area contributed by atoms with Gasteiger partial charge >= 0.3 is 0 Å². The molecule has 0 unspecified atom stereocenters. The van der Waals surface area contributed by atoms with Gasteiger partial charge in [-0.2, -0.15) is 0 Å². The third kappa shape index (κ3) is 1.39. The number of Topliss-reactive ketones (excluding diaryl/α,β-unsaturated/α-hetero) is 2. The molecular weight excluding hydrogens is 260 g/mol. The molecule has 1 aliphatic carbocycles. The van der Waals surface area contributed by atoms with Crippen molar-refractivity contribution in [2.45, 2.75) is 0 Å². The first kappa shape index (κ1) is 12.6. The number of ketones is 2. The molecule has 100 valence electrons. The largest absolute Gasteiger partial charge is 0.504 e. The maximum Gasteiger partial charge on any atom is 0.236 e. The van der Waals surface area contributed by atoms with E-state index in [-0.39, 0.29) is 0 Å². The Kier molecular flexibility index (Phi) is 2.51. The molecular formula is C11H8O8. The molecule has 0 fully saturated rings. The molecule has 0 atom stereocenters. The number of benzene rings is 1. The van der Waals surface area contributed by atoms with E-state index < -0.39 is 57.2 Å². The summed E-state index contributed by atoms with van der Waals surface area (Å²) in [7, 11) is 1.01. The van der Waals surface area contributed by atoms with Gasteiger partial charge in [-0.05, 0) is 0 Å². The minimum Gasteiger partial charge on any atom is -0.504 e. The van der Waals surface area contributed by atoms with E-state index in [0.717, 1.165) is 7.11 Å². The number of methoxy groups -OCH3 is 1. The first-order valence-electron chi connectivity index (χ1n) is 4.89. The van der Waals surface area contributed by atoms with Crippen molar-refractivity contribution in [3.05, 3.63) is 22.6 Å². The van der Waals surface area contributed by atoms with E-state index in [1.165, 1.54) is 0 Å². The Hall–Kier alpha value is -2.90. The lowest BCUT2D eigenvalue weighted by atomic mass is 9.89. The first-order chi connectivity index (χ1) is 8.82. The van der Waals surface area contributed by atoms with E-state index in [9.17, 15) is 35.1 Å². The Balaban J connectivity index is 2.92. The summed E-state index contributed by atoms with van der Waals surface area (Å²) in [6.07, 6.45) is 0. The highest BCUT2D eigenvalue weighted by molar-refractivity contribution is 6.27. The second kappa shape index (κ2) is 3.80. The van der Waals surface area contributed by atoms with Crippen LogP contribution in [0, 0.1) is 0 Å². The maximum absolute atomic E-state index is 11.9. The van der Waals surface area contributed by atoms with Gasteiger partial charge in [0.2, 0.25) is 34.6 Å². The van der Waals surface area contributed by atoms with Crippen LogP contribution in [-0.2, 0) is 4.74 Å². The van der Waals surface area contributed by atoms with Crippen molar-refractivity contribution in [2.75, 3.05) is 7.11 Å². The molecule has 0 aliphatic heterocycles. The van der Waals surface area contributed by atoms with Gasteiger partial charge in [-0.1, -0.05) is 0 Å². The lowest BCUT2D eigenvalue weighted by Gasteiger charge is -2.19. The molecule has 0 bridgehead atoms. The predicted octanol–water partition coefficient (Wildman–Crippen LogP) is 0.304. The molecule has 0 heterocycles. The molecule has 5 N–H and O–H groups in total. The summed E-state index contributed by atoms with van der Waals surface area (Å²) in [6.45, 7) is 0. The van der Waals surface area contributed by atoms with Crippen LogP contribution < -0.4 is 0 Å². The highest BCUT2D eigenvalue weighted by Crippen LogP contribution is 2.49. The number of rotatable bonds is 1. The Labute approximate surface area is 105 Å². The fourth-order valence-electron chi connectivity index (χ4n) is 1.77. The third-order valence-corrected chi connectivity index (χ3v) is 2.69. The van der Waals surface area contributed by atoms with Crippen LogP contribution in [0.2, 0.25) is 0 Å². The highest BCUT2D eigenvalue weighted by atomic mass is 16.5. The summed E-state index contributed by atoms with van der Waals surface area (Å²) in [5, 5.41) is 47.2. The molecule has 0 aromatic heterocycles. The van der Waals surface area contributed by atoms with Crippen LogP contribution in [0.25, 0.3) is 0 Å². The lowest BCUT2D eigenvalue weighted by molar-refractivity contribution is 0.0849. The summed E-state index contributed by atoms with van der Waals surface area (Å²) in [5.41, 5.74) is -1.57. The fraction of sp³-hybridized carbons (Fsp3) is 0.0909. The summed E-state index contributed by atoms with van der Waals surface area (Å²) < 4.78 is 4.53. The number of phenols is 4. The topological polar surface area (TPSA) is 145 Å². The number of aromatic hydroxyl groups is 4. The van der Waals surface area contributed by atoms with Crippen LogP contribution in [0.3, 0.4) is 0 Å². The van der Waals surface area contributed by atoms with E-state index >= 15 is 0 Å². The number of allylic oxidation sites excluding steroid dienone is 2. The van der Waals surface area contributed by atoms with Crippen molar-refractivity contribution in [1.29, 1.82) is 0 Å². The van der Waals surface area contributed by atoms with Crippen molar-refractivity contribution in [2.24, 2.45) is 0 Å². The van der Waals surface area contributed by atoms with E-state index in [1.54, 1.807) is 0 Å². The molecule has 1 aromatic carbocycles. The van der Waals surface area contributed by atoms with Crippen LogP contribution >= 0.6 is 0 Å². The van der Waals surface area contributed by atoms with Gasteiger partial charge in [-0.25, -0.2) is 0 Å². The van der Waals surface area contributed by atoms with Crippen LogP contribution in [-0.4, -0.2) is 44.2 Å². The molecule has 1 aromatic rings. The van der Waals surface area contributed by atoms with Gasteiger partial charge in [-0.3, -0.25) is 9.59 Å². The molecule has 0 saturated carbocycles. The van der Waals surface area contributed by atoms with Crippen molar-refractivity contribution in [3.63, 3.8) is 0 Å². The molecule has 8 nitrogen and oxygen atoms in total. The van der Waals surface area contributed by atoms with E-state index in [4.69, 9.17) is 0 Å². The number of carbonyl (C=O) groups excluding carboxylic acids is 2. The molecule has 2 rings (SSSR count). The van der Waals surface area contributed by atoms with Gasteiger partial charge in [-0.15, -0.1) is 0 Å². The van der Waals surface area contributed by atoms with E-state index in [2.05, 4.69) is 4.74 Å². The lowest BCUT2D eigenvalue weighted by Crippen LogP contribution is -2.23. The number of phenolic OH excluding ortho intramolecular Hbond substituents is 4. The van der Waals surface area contributed by atoms with Crippen molar-refractivity contribution < 1.29 is 39.9 Å². The number of aliphatic hydroxyl groups excluding tert-OH is 1. The molecule has 8 heteroatoms. The van der Waals surface area contributed by atoms with E-state index in [1.807, 2.05) is 0 Å². The number of hydrogen-bond acceptors (Lipinski definition) is 8. The van der Waals surface area contributed by atoms with Gasteiger partial charge in [0.15, 0.2) is 11.5 Å². The highest BCUT2D eigenvalue weighted by Gasteiger charge is 2.40. The van der Waals surface area contributed by atoms with Crippen molar-refractivity contribution in [3.8, 4) is 23.0 Å². The molecule has 0 spiro atoms. The van der Waals surface area contributed by atoms with Gasteiger partial charge < -0.3 is 30.3 Å². The zero-order chi connectivity index (χ0) is 14.5. The zero-order valence-electron chi connectivity index (χ0n) is 9.46. The number of aliphatic hydroxyl groups is 1. The van der Waals surface area contributed by atoms with Gasteiger partial charge in [0, 0.05) is 0 Å². The predicted molar refractivity (Wildman–Crippen MR) is 58.4 cm³/mol. The molecule has 1 aliphatic rings. The van der Waals surface area contributed by atoms with Crippen LogP contribution in [0.4, 0.5) is 0 Å². The Morgan fingerprint density at radius 2 is 1.16 bits per heavy atom. The summed E-state index contributed by atoms with van der Waals surface area (Å²) in [5.74, 6) is -8.69. The van der Waals surface area contributed by atoms with Gasteiger partial charge in [0.05, 0.1) is 18.2 Å². The van der Waals surface area contributed by atoms with Gasteiger partial charge in [0.1, 0.15) is 0 Å². The molecule has 0 saturated heterocycles. The quantitative estimate of drug-likeness (QED) is 0.361. The number of carbonyl (C=O) groups is 2. The van der Waals surface area contributed by atoms with E-state index in [0.29, 0.717) is 0 Å². The Morgan fingerprint density at radius 1 is 0.737 bits per heavy atom. The summed E-state index contributed by atoms with van der Waals surface area (Å²) in [6, 6.07) is 0. The Bertz CT molecular complexity index is 655. The summed E-state index contributed by atoms with van der Waals surface area (Å²) >= 11 is 0. The summed E-state index contributed by atoms with van der Waals surface area (Å²) in [4.78, 5) is 23.6. The van der Waals surface area contributed by atoms with Crippen LogP contribution in [0.5, 0.6) is 23.0 Å². The first-order valence-corrected chi connectivity index (χ1v) is 4.89. The second-order valence-corrected chi connectivity index (χ2v) is 3.68. The standard InChI is InChI=1S/C11H8O8/c1-19-11-7(15)3-2(6(14)10(11)18)4(12)8(16)9(17)5(3)13/h12-13,16-18H,1H3. The fourth-order valence-corrected chi connectivity index (χ4v) is 1.77.